The molecule has 0 atom stereocenters. The number of halogens is 1. The van der Waals surface area contributed by atoms with E-state index in [9.17, 15) is 4.79 Å². The zero-order chi connectivity index (χ0) is 12.0. The maximum Gasteiger partial charge on any atom is 0.195 e. The summed E-state index contributed by atoms with van der Waals surface area (Å²) in [6.07, 6.45) is 0. The van der Waals surface area contributed by atoms with Crippen molar-refractivity contribution in [3.05, 3.63) is 56.7 Å². The van der Waals surface area contributed by atoms with E-state index >= 15 is 0 Å². The fourth-order valence-corrected chi connectivity index (χ4v) is 3.44. The van der Waals surface area contributed by atoms with Crippen LogP contribution in [0.3, 0.4) is 0 Å². The van der Waals surface area contributed by atoms with Crippen molar-refractivity contribution in [2.75, 3.05) is 0 Å². The third kappa shape index (κ3) is 1.79. The lowest BCUT2D eigenvalue weighted by Crippen LogP contribution is -2.00. The first-order valence-electron chi connectivity index (χ1n) is 5.28. The summed E-state index contributed by atoms with van der Waals surface area (Å²) in [5.41, 5.74) is 1.31. The van der Waals surface area contributed by atoms with E-state index < -0.39 is 0 Å². The van der Waals surface area contributed by atoms with Gasteiger partial charge in [-0.1, -0.05) is 22.0 Å². The first-order chi connectivity index (χ1) is 8.15. The fourth-order valence-electron chi connectivity index (χ4n) is 1.93. The summed E-state index contributed by atoms with van der Waals surface area (Å²) in [5.74, 6) is 0. The van der Waals surface area contributed by atoms with E-state index in [-0.39, 0.29) is 5.43 Å². The normalized spacial score (nSPS) is 11.2. The van der Waals surface area contributed by atoms with Gasteiger partial charge in [-0.15, -0.1) is 11.3 Å². The average molecular weight is 305 g/mol. The molecule has 0 radical (unpaired) electrons. The molecule has 0 N–H and O–H groups in total. The van der Waals surface area contributed by atoms with E-state index in [1.807, 2.05) is 37.3 Å². The second kappa shape index (κ2) is 3.93. The number of benzene rings is 2. The summed E-state index contributed by atoms with van der Waals surface area (Å²) < 4.78 is 3.04. The smallest absolute Gasteiger partial charge is 0.195 e. The molecule has 1 heterocycles. The van der Waals surface area contributed by atoms with Gasteiger partial charge in [0.05, 0.1) is 0 Å². The maximum atomic E-state index is 12.3. The van der Waals surface area contributed by atoms with Gasteiger partial charge in [-0.25, -0.2) is 0 Å². The van der Waals surface area contributed by atoms with Crippen molar-refractivity contribution in [2.24, 2.45) is 0 Å². The Kier molecular flexibility index (Phi) is 2.53. The molecular formula is C14H9BrOS. The number of hydrogen-bond donors (Lipinski definition) is 0. The highest BCUT2D eigenvalue weighted by atomic mass is 79.9. The van der Waals surface area contributed by atoms with Gasteiger partial charge in [0.1, 0.15) is 0 Å². The molecule has 3 heteroatoms. The van der Waals surface area contributed by atoms with E-state index in [0.29, 0.717) is 0 Å². The second-order valence-corrected chi connectivity index (χ2v) is 6.07. The Morgan fingerprint density at radius 2 is 1.82 bits per heavy atom. The molecule has 2 aromatic carbocycles. The van der Waals surface area contributed by atoms with Crippen molar-refractivity contribution >= 4 is 47.4 Å². The molecule has 3 rings (SSSR count). The second-order valence-electron chi connectivity index (χ2n) is 4.07. The van der Waals surface area contributed by atoms with Gasteiger partial charge in [-0.05, 0) is 42.8 Å². The van der Waals surface area contributed by atoms with Crippen molar-refractivity contribution in [2.45, 2.75) is 6.92 Å². The van der Waals surface area contributed by atoms with Gasteiger partial charge in [0, 0.05) is 24.6 Å². The Bertz CT molecular complexity index is 789. The highest BCUT2D eigenvalue weighted by Gasteiger charge is 2.06. The Morgan fingerprint density at radius 3 is 2.65 bits per heavy atom. The molecule has 0 saturated carbocycles. The molecular weight excluding hydrogens is 296 g/mol. The molecule has 0 aliphatic carbocycles. The Hall–Kier alpha value is -1.19. The SMILES string of the molecule is Cc1ccc2c(=O)c3cc(Br)ccc3sc2c1. The number of rotatable bonds is 0. The van der Waals surface area contributed by atoms with E-state index in [2.05, 4.69) is 22.0 Å². The summed E-state index contributed by atoms with van der Waals surface area (Å²) in [5, 5.41) is 1.60. The van der Waals surface area contributed by atoms with Gasteiger partial charge in [-0.3, -0.25) is 4.79 Å². The van der Waals surface area contributed by atoms with Crippen molar-refractivity contribution < 1.29 is 0 Å². The predicted molar refractivity (Wildman–Crippen MR) is 78.0 cm³/mol. The van der Waals surface area contributed by atoms with Crippen LogP contribution in [0.5, 0.6) is 0 Å². The molecule has 84 valence electrons. The predicted octanol–water partition coefficient (Wildman–Crippen LogP) is 4.49. The minimum atomic E-state index is 0.120. The highest BCUT2D eigenvalue weighted by Crippen LogP contribution is 2.27. The first-order valence-corrected chi connectivity index (χ1v) is 6.89. The lowest BCUT2D eigenvalue weighted by molar-refractivity contribution is 1.51. The minimum Gasteiger partial charge on any atom is -0.289 e. The maximum absolute atomic E-state index is 12.3. The molecule has 1 nitrogen and oxygen atoms in total. The molecule has 0 spiro atoms. The van der Waals surface area contributed by atoms with Crippen LogP contribution in [0.15, 0.2) is 45.7 Å². The minimum absolute atomic E-state index is 0.120. The molecule has 0 aliphatic rings. The quantitative estimate of drug-likeness (QED) is 0.559. The fraction of sp³-hybridized carbons (Fsp3) is 0.0714. The van der Waals surface area contributed by atoms with Crippen molar-refractivity contribution in [3.63, 3.8) is 0 Å². The summed E-state index contributed by atoms with van der Waals surface area (Å²) in [6, 6.07) is 11.8. The summed E-state index contributed by atoms with van der Waals surface area (Å²) >= 11 is 5.08. The van der Waals surface area contributed by atoms with Crippen molar-refractivity contribution in [1.82, 2.24) is 0 Å². The van der Waals surface area contributed by atoms with Crippen LogP contribution in [0.4, 0.5) is 0 Å². The van der Waals surface area contributed by atoms with Crippen LogP contribution in [0, 0.1) is 6.92 Å². The van der Waals surface area contributed by atoms with E-state index in [4.69, 9.17) is 0 Å². The largest absolute Gasteiger partial charge is 0.289 e. The van der Waals surface area contributed by atoms with Crippen molar-refractivity contribution in [3.8, 4) is 0 Å². The third-order valence-electron chi connectivity index (χ3n) is 2.79. The number of hydrogen-bond acceptors (Lipinski definition) is 2. The number of fused-ring (bicyclic) bond motifs is 2. The molecule has 0 saturated heterocycles. The monoisotopic (exact) mass is 304 g/mol. The van der Waals surface area contributed by atoms with Crippen LogP contribution in [0.1, 0.15) is 5.56 Å². The Balaban J connectivity index is 2.57. The lowest BCUT2D eigenvalue weighted by Gasteiger charge is -2.02. The van der Waals surface area contributed by atoms with E-state index in [1.165, 1.54) is 5.56 Å². The van der Waals surface area contributed by atoms with Crippen LogP contribution in [0.25, 0.3) is 20.2 Å². The molecule has 0 amide bonds. The summed E-state index contributed by atoms with van der Waals surface area (Å²) in [4.78, 5) is 12.3. The van der Waals surface area contributed by atoms with Crippen LogP contribution >= 0.6 is 27.3 Å². The van der Waals surface area contributed by atoms with Crippen LogP contribution in [-0.4, -0.2) is 0 Å². The van der Waals surface area contributed by atoms with Gasteiger partial charge in [0.2, 0.25) is 0 Å². The Morgan fingerprint density at radius 1 is 1.00 bits per heavy atom. The van der Waals surface area contributed by atoms with E-state index in [1.54, 1.807) is 11.3 Å². The topological polar surface area (TPSA) is 17.1 Å². The molecule has 0 fully saturated rings. The van der Waals surface area contributed by atoms with Crippen LogP contribution < -0.4 is 5.43 Å². The Labute approximate surface area is 111 Å². The zero-order valence-corrected chi connectivity index (χ0v) is 11.6. The lowest BCUT2D eigenvalue weighted by atomic mass is 10.1. The molecule has 0 aliphatic heterocycles. The molecule has 1 aromatic heterocycles. The highest BCUT2D eigenvalue weighted by molar-refractivity contribution is 9.10. The van der Waals surface area contributed by atoms with Gasteiger partial charge >= 0.3 is 0 Å². The van der Waals surface area contributed by atoms with Gasteiger partial charge < -0.3 is 0 Å². The molecule has 3 aromatic rings. The molecule has 0 unspecified atom stereocenters. The summed E-state index contributed by atoms with van der Waals surface area (Å²) in [6.45, 7) is 2.04. The average Bonchev–Trinajstić information content (AvgIpc) is 2.30. The van der Waals surface area contributed by atoms with Crippen LogP contribution in [0.2, 0.25) is 0 Å². The van der Waals surface area contributed by atoms with E-state index in [0.717, 1.165) is 24.6 Å². The van der Waals surface area contributed by atoms with Gasteiger partial charge in [-0.2, -0.15) is 0 Å². The third-order valence-corrected chi connectivity index (χ3v) is 4.41. The first kappa shape index (κ1) is 10.9. The standard InChI is InChI=1S/C14H9BrOS/c1-8-2-4-10-13(6-8)17-12-5-3-9(15)7-11(12)14(10)16/h2-7H,1H3. The molecule has 17 heavy (non-hydrogen) atoms. The van der Waals surface area contributed by atoms with Gasteiger partial charge in [0.15, 0.2) is 5.43 Å². The number of aryl methyl sites for hydroxylation is 1. The summed E-state index contributed by atoms with van der Waals surface area (Å²) in [7, 11) is 0. The van der Waals surface area contributed by atoms with Crippen LogP contribution in [-0.2, 0) is 0 Å². The van der Waals surface area contributed by atoms with Gasteiger partial charge in [0.25, 0.3) is 0 Å². The molecule has 0 bridgehead atoms. The van der Waals surface area contributed by atoms with Crippen molar-refractivity contribution in [1.29, 1.82) is 0 Å². The zero-order valence-electron chi connectivity index (χ0n) is 9.16.